The molecule has 0 saturated heterocycles. The van der Waals surface area contributed by atoms with Crippen LogP contribution in [0.15, 0.2) is 42.6 Å². The number of amides is 1. The van der Waals surface area contributed by atoms with Crippen LogP contribution < -0.4 is 10.6 Å². The normalized spacial score (nSPS) is 10.4. The Kier molecular flexibility index (Phi) is 4.69. The second-order valence-corrected chi connectivity index (χ2v) is 4.24. The standard InChI is InChI=1S/C14H18N4O/c1-15-10-5-8-14(19)16-13-9-11-18(17-13)12-6-3-2-4-7-12/h2-4,6-7,9,11,15H,5,8,10H2,1H3,(H,16,17,19). The second-order valence-electron chi connectivity index (χ2n) is 4.24. The molecule has 2 rings (SSSR count). The van der Waals surface area contributed by atoms with Crippen LogP contribution >= 0.6 is 0 Å². The topological polar surface area (TPSA) is 59.0 Å². The van der Waals surface area contributed by atoms with Gasteiger partial charge in [0.1, 0.15) is 0 Å². The highest BCUT2D eigenvalue weighted by Gasteiger charge is 2.05. The zero-order valence-corrected chi connectivity index (χ0v) is 11.0. The summed E-state index contributed by atoms with van der Waals surface area (Å²) >= 11 is 0. The van der Waals surface area contributed by atoms with Gasteiger partial charge in [0.05, 0.1) is 5.69 Å². The molecule has 0 aliphatic heterocycles. The summed E-state index contributed by atoms with van der Waals surface area (Å²) in [5.74, 6) is 0.576. The number of nitrogens with zero attached hydrogens (tertiary/aromatic N) is 2. The van der Waals surface area contributed by atoms with E-state index in [2.05, 4.69) is 15.7 Å². The van der Waals surface area contributed by atoms with Crippen LogP contribution in [0.4, 0.5) is 5.82 Å². The summed E-state index contributed by atoms with van der Waals surface area (Å²) in [6.45, 7) is 0.839. The van der Waals surface area contributed by atoms with E-state index in [1.807, 2.05) is 43.6 Å². The first-order valence-corrected chi connectivity index (χ1v) is 6.35. The number of hydrogen-bond donors (Lipinski definition) is 2. The van der Waals surface area contributed by atoms with Crippen LogP contribution in [0.5, 0.6) is 0 Å². The van der Waals surface area contributed by atoms with E-state index in [0.717, 1.165) is 18.7 Å². The average molecular weight is 258 g/mol. The molecule has 1 heterocycles. The summed E-state index contributed by atoms with van der Waals surface area (Å²) < 4.78 is 1.74. The van der Waals surface area contributed by atoms with Gasteiger partial charge < -0.3 is 10.6 Å². The molecule has 0 unspecified atom stereocenters. The highest BCUT2D eigenvalue weighted by atomic mass is 16.1. The van der Waals surface area contributed by atoms with E-state index in [-0.39, 0.29) is 5.91 Å². The largest absolute Gasteiger partial charge is 0.320 e. The van der Waals surface area contributed by atoms with Crippen molar-refractivity contribution in [2.75, 3.05) is 18.9 Å². The molecule has 0 saturated carbocycles. The van der Waals surface area contributed by atoms with Crippen molar-refractivity contribution in [1.82, 2.24) is 15.1 Å². The minimum absolute atomic E-state index is 0.00596. The van der Waals surface area contributed by atoms with Crippen LogP contribution in [0, 0.1) is 0 Å². The number of rotatable bonds is 6. The third-order valence-electron chi connectivity index (χ3n) is 2.71. The molecule has 0 spiro atoms. The maximum Gasteiger partial charge on any atom is 0.225 e. The van der Waals surface area contributed by atoms with Crippen LogP contribution in [0.3, 0.4) is 0 Å². The summed E-state index contributed by atoms with van der Waals surface area (Å²) in [6, 6.07) is 11.6. The lowest BCUT2D eigenvalue weighted by Crippen LogP contribution is -2.15. The van der Waals surface area contributed by atoms with Crippen LogP contribution in [0.1, 0.15) is 12.8 Å². The molecule has 19 heavy (non-hydrogen) atoms. The molecule has 0 aliphatic rings. The predicted octanol–water partition coefficient (Wildman–Crippen LogP) is 1.81. The van der Waals surface area contributed by atoms with Gasteiger partial charge in [-0.15, -0.1) is 0 Å². The third-order valence-corrected chi connectivity index (χ3v) is 2.71. The lowest BCUT2D eigenvalue weighted by molar-refractivity contribution is -0.116. The van der Waals surface area contributed by atoms with Crippen molar-refractivity contribution in [3.05, 3.63) is 42.6 Å². The van der Waals surface area contributed by atoms with Gasteiger partial charge in [0.2, 0.25) is 5.91 Å². The van der Waals surface area contributed by atoms with Crippen LogP contribution in [-0.4, -0.2) is 29.3 Å². The molecule has 0 radical (unpaired) electrons. The molecule has 5 heteroatoms. The monoisotopic (exact) mass is 258 g/mol. The first kappa shape index (κ1) is 13.3. The van der Waals surface area contributed by atoms with Gasteiger partial charge in [-0.1, -0.05) is 18.2 Å². The van der Waals surface area contributed by atoms with Gasteiger partial charge in [-0.3, -0.25) is 4.79 Å². The van der Waals surface area contributed by atoms with E-state index in [0.29, 0.717) is 12.2 Å². The SMILES string of the molecule is CNCCCC(=O)Nc1ccn(-c2ccccc2)n1. The van der Waals surface area contributed by atoms with E-state index in [1.165, 1.54) is 0 Å². The van der Waals surface area contributed by atoms with Crippen molar-refractivity contribution < 1.29 is 4.79 Å². The zero-order valence-electron chi connectivity index (χ0n) is 11.0. The molecule has 0 atom stereocenters. The van der Waals surface area contributed by atoms with E-state index in [1.54, 1.807) is 10.7 Å². The summed E-state index contributed by atoms with van der Waals surface area (Å²) in [4.78, 5) is 11.6. The fraction of sp³-hybridized carbons (Fsp3) is 0.286. The van der Waals surface area contributed by atoms with E-state index >= 15 is 0 Å². The Morgan fingerprint density at radius 2 is 2.05 bits per heavy atom. The van der Waals surface area contributed by atoms with Crippen LogP contribution in [0.2, 0.25) is 0 Å². The first-order chi connectivity index (χ1) is 9.29. The fourth-order valence-electron chi connectivity index (χ4n) is 1.75. The number of aromatic nitrogens is 2. The summed E-state index contributed by atoms with van der Waals surface area (Å²) in [5, 5.41) is 10.1. The molecule has 1 aromatic carbocycles. The van der Waals surface area contributed by atoms with Gasteiger partial charge in [0, 0.05) is 18.7 Å². The van der Waals surface area contributed by atoms with Crippen molar-refractivity contribution in [1.29, 1.82) is 0 Å². The van der Waals surface area contributed by atoms with Crippen molar-refractivity contribution in [2.45, 2.75) is 12.8 Å². The number of nitrogens with one attached hydrogen (secondary N) is 2. The van der Waals surface area contributed by atoms with E-state index < -0.39 is 0 Å². The Bertz CT molecular complexity index is 521. The lowest BCUT2D eigenvalue weighted by atomic mass is 10.3. The highest BCUT2D eigenvalue weighted by molar-refractivity contribution is 5.89. The minimum Gasteiger partial charge on any atom is -0.320 e. The minimum atomic E-state index is -0.00596. The molecule has 1 amide bonds. The molecule has 5 nitrogen and oxygen atoms in total. The summed E-state index contributed by atoms with van der Waals surface area (Å²) in [7, 11) is 1.87. The van der Waals surface area contributed by atoms with E-state index in [9.17, 15) is 4.79 Å². The van der Waals surface area contributed by atoms with Crippen molar-refractivity contribution in [3.63, 3.8) is 0 Å². The lowest BCUT2D eigenvalue weighted by Gasteiger charge is -2.02. The molecular weight excluding hydrogens is 240 g/mol. The average Bonchev–Trinajstić information content (AvgIpc) is 2.88. The number of carbonyl (C=O) groups is 1. The van der Waals surface area contributed by atoms with Crippen molar-refractivity contribution in [2.24, 2.45) is 0 Å². The summed E-state index contributed by atoms with van der Waals surface area (Å²) in [5.41, 5.74) is 0.971. The fourth-order valence-corrected chi connectivity index (χ4v) is 1.75. The smallest absolute Gasteiger partial charge is 0.225 e. The summed E-state index contributed by atoms with van der Waals surface area (Å²) in [6.07, 6.45) is 3.15. The number of carbonyl (C=O) groups excluding carboxylic acids is 1. The number of benzene rings is 1. The van der Waals surface area contributed by atoms with Gasteiger partial charge in [-0.2, -0.15) is 5.10 Å². The quantitative estimate of drug-likeness (QED) is 0.777. The van der Waals surface area contributed by atoms with Crippen LogP contribution in [0.25, 0.3) is 5.69 Å². The molecule has 0 aliphatic carbocycles. The maximum absolute atomic E-state index is 11.6. The Hall–Kier alpha value is -2.14. The van der Waals surface area contributed by atoms with E-state index in [4.69, 9.17) is 0 Å². The predicted molar refractivity (Wildman–Crippen MR) is 75.4 cm³/mol. The third kappa shape index (κ3) is 3.93. The van der Waals surface area contributed by atoms with Gasteiger partial charge in [-0.25, -0.2) is 4.68 Å². The second kappa shape index (κ2) is 6.70. The Labute approximate surface area is 112 Å². The Balaban J connectivity index is 1.93. The molecule has 1 aromatic heterocycles. The van der Waals surface area contributed by atoms with Gasteiger partial charge in [-0.05, 0) is 32.1 Å². The zero-order chi connectivity index (χ0) is 13.5. The molecule has 0 fully saturated rings. The number of para-hydroxylation sites is 1. The number of anilines is 1. The Morgan fingerprint density at radius 1 is 1.26 bits per heavy atom. The van der Waals surface area contributed by atoms with Crippen molar-refractivity contribution >= 4 is 11.7 Å². The molecule has 100 valence electrons. The first-order valence-electron chi connectivity index (χ1n) is 6.35. The van der Waals surface area contributed by atoms with Gasteiger partial charge >= 0.3 is 0 Å². The molecular formula is C14H18N4O. The van der Waals surface area contributed by atoms with Crippen LogP contribution in [-0.2, 0) is 4.79 Å². The van der Waals surface area contributed by atoms with Gasteiger partial charge in [0.25, 0.3) is 0 Å². The highest BCUT2D eigenvalue weighted by Crippen LogP contribution is 2.10. The van der Waals surface area contributed by atoms with Crippen molar-refractivity contribution in [3.8, 4) is 5.69 Å². The molecule has 2 aromatic rings. The molecule has 0 bridgehead atoms. The van der Waals surface area contributed by atoms with Gasteiger partial charge in [0.15, 0.2) is 5.82 Å². The number of hydrogen-bond acceptors (Lipinski definition) is 3. The Morgan fingerprint density at radius 3 is 2.79 bits per heavy atom. The molecule has 2 N–H and O–H groups in total. The maximum atomic E-state index is 11.6.